The molecule has 3 N–H and O–H groups in total. The Balaban J connectivity index is 1.47. The van der Waals surface area contributed by atoms with Crippen LogP contribution in [-0.4, -0.2) is 49.0 Å². The molecule has 0 saturated heterocycles. The van der Waals surface area contributed by atoms with Crippen LogP contribution in [0.2, 0.25) is 0 Å². The van der Waals surface area contributed by atoms with E-state index >= 15 is 0 Å². The SMILES string of the molecule is CN=C(NCCc1nc(-c2ccco2)n[nH]1)NCc1ccc(OC)c(OC)c1. The molecular formula is C19H24N6O3. The lowest BCUT2D eigenvalue weighted by atomic mass is 10.2. The van der Waals surface area contributed by atoms with Crippen molar-refractivity contribution in [3.8, 4) is 23.1 Å². The number of aromatic nitrogens is 3. The van der Waals surface area contributed by atoms with E-state index in [4.69, 9.17) is 13.9 Å². The molecule has 9 heteroatoms. The van der Waals surface area contributed by atoms with Gasteiger partial charge in [0, 0.05) is 26.6 Å². The third-order valence-corrected chi connectivity index (χ3v) is 4.06. The fourth-order valence-electron chi connectivity index (χ4n) is 2.62. The van der Waals surface area contributed by atoms with Gasteiger partial charge in [0.15, 0.2) is 23.2 Å². The van der Waals surface area contributed by atoms with E-state index in [0.717, 1.165) is 11.4 Å². The number of methoxy groups -OCH3 is 2. The Hall–Kier alpha value is -3.49. The van der Waals surface area contributed by atoms with Crippen LogP contribution in [0.25, 0.3) is 11.6 Å². The molecule has 3 rings (SSSR count). The van der Waals surface area contributed by atoms with Crippen molar-refractivity contribution in [1.82, 2.24) is 25.8 Å². The van der Waals surface area contributed by atoms with Crippen LogP contribution in [0.15, 0.2) is 46.0 Å². The minimum Gasteiger partial charge on any atom is -0.493 e. The molecular weight excluding hydrogens is 360 g/mol. The monoisotopic (exact) mass is 384 g/mol. The zero-order valence-electron chi connectivity index (χ0n) is 16.2. The second kappa shape index (κ2) is 9.45. The number of furan rings is 1. The van der Waals surface area contributed by atoms with Gasteiger partial charge in [-0.05, 0) is 29.8 Å². The van der Waals surface area contributed by atoms with E-state index in [0.29, 0.717) is 48.6 Å². The Morgan fingerprint density at radius 3 is 2.75 bits per heavy atom. The van der Waals surface area contributed by atoms with E-state index in [-0.39, 0.29) is 0 Å². The van der Waals surface area contributed by atoms with Gasteiger partial charge in [0.2, 0.25) is 5.82 Å². The van der Waals surface area contributed by atoms with Gasteiger partial charge in [0.25, 0.3) is 0 Å². The number of aromatic amines is 1. The summed E-state index contributed by atoms with van der Waals surface area (Å²) in [4.78, 5) is 8.65. The molecule has 0 aliphatic carbocycles. The van der Waals surface area contributed by atoms with E-state index in [1.54, 1.807) is 33.6 Å². The van der Waals surface area contributed by atoms with Crippen molar-refractivity contribution in [2.75, 3.05) is 27.8 Å². The van der Waals surface area contributed by atoms with Crippen LogP contribution in [0, 0.1) is 0 Å². The van der Waals surface area contributed by atoms with Crippen molar-refractivity contribution in [2.24, 2.45) is 4.99 Å². The summed E-state index contributed by atoms with van der Waals surface area (Å²) in [5.41, 5.74) is 1.05. The zero-order chi connectivity index (χ0) is 19.8. The minimum atomic E-state index is 0.552. The van der Waals surface area contributed by atoms with Gasteiger partial charge in [-0.2, -0.15) is 5.10 Å². The van der Waals surface area contributed by atoms with Crippen LogP contribution in [0.4, 0.5) is 0 Å². The highest BCUT2D eigenvalue weighted by molar-refractivity contribution is 5.79. The molecule has 9 nitrogen and oxygen atoms in total. The van der Waals surface area contributed by atoms with E-state index in [1.807, 2.05) is 24.3 Å². The number of rotatable bonds is 8. The number of hydrogen-bond acceptors (Lipinski definition) is 6. The highest BCUT2D eigenvalue weighted by atomic mass is 16.5. The Labute approximate surface area is 163 Å². The van der Waals surface area contributed by atoms with Crippen LogP contribution in [-0.2, 0) is 13.0 Å². The van der Waals surface area contributed by atoms with Crippen LogP contribution in [0.5, 0.6) is 11.5 Å². The molecule has 0 radical (unpaired) electrons. The second-order valence-corrected chi connectivity index (χ2v) is 5.87. The Morgan fingerprint density at radius 2 is 2.04 bits per heavy atom. The van der Waals surface area contributed by atoms with Gasteiger partial charge in [-0.1, -0.05) is 6.07 Å². The molecule has 3 aromatic rings. The van der Waals surface area contributed by atoms with Crippen LogP contribution < -0.4 is 20.1 Å². The first-order valence-corrected chi connectivity index (χ1v) is 8.84. The first-order valence-electron chi connectivity index (χ1n) is 8.84. The number of hydrogen-bond donors (Lipinski definition) is 3. The van der Waals surface area contributed by atoms with Crippen molar-refractivity contribution < 1.29 is 13.9 Å². The van der Waals surface area contributed by atoms with E-state index in [2.05, 4.69) is 30.8 Å². The third-order valence-electron chi connectivity index (χ3n) is 4.06. The summed E-state index contributed by atoms with van der Waals surface area (Å²) in [6, 6.07) is 9.43. The third kappa shape index (κ3) is 4.81. The molecule has 0 atom stereocenters. The summed E-state index contributed by atoms with van der Waals surface area (Å²) in [5, 5.41) is 13.6. The summed E-state index contributed by atoms with van der Waals surface area (Å²) < 4.78 is 15.9. The van der Waals surface area contributed by atoms with Crippen molar-refractivity contribution in [3.63, 3.8) is 0 Å². The average Bonchev–Trinajstić information content (AvgIpc) is 3.42. The number of benzene rings is 1. The van der Waals surface area contributed by atoms with Crippen molar-refractivity contribution >= 4 is 5.96 Å². The smallest absolute Gasteiger partial charge is 0.216 e. The fourth-order valence-corrected chi connectivity index (χ4v) is 2.62. The lowest BCUT2D eigenvalue weighted by Crippen LogP contribution is -2.37. The Bertz CT molecular complexity index is 904. The maximum atomic E-state index is 5.33. The molecule has 0 aliphatic rings. The summed E-state index contributed by atoms with van der Waals surface area (Å²) in [6.45, 7) is 1.25. The number of nitrogens with zero attached hydrogens (tertiary/aromatic N) is 3. The number of guanidine groups is 1. The predicted octanol–water partition coefficient (Wildman–Crippen LogP) is 1.99. The van der Waals surface area contributed by atoms with Crippen LogP contribution in [0.3, 0.4) is 0 Å². The lowest BCUT2D eigenvalue weighted by molar-refractivity contribution is 0.354. The average molecular weight is 384 g/mol. The summed E-state index contributed by atoms with van der Waals surface area (Å²) in [5.74, 6) is 4.06. The predicted molar refractivity (Wildman–Crippen MR) is 106 cm³/mol. The topological polar surface area (TPSA) is 110 Å². The Morgan fingerprint density at radius 1 is 1.18 bits per heavy atom. The van der Waals surface area contributed by atoms with Gasteiger partial charge in [-0.3, -0.25) is 10.1 Å². The van der Waals surface area contributed by atoms with E-state index in [9.17, 15) is 0 Å². The van der Waals surface area contributed by atoms with Gasteiger partial charge in [0.05, 0.1) is 20.5 Å². The summed E-state index contributed by atoms with van der Waals surface area (Å²) >= 11 is 0. The molecule has 0 amide bonds. The maximum Gasteiger partial charge on any atom is 0.216 e. The molecule has 148 valence electrons. The molecule has 2 aromatic heterocycles. The van der Waals surface area contributed by atoms with Crippen molar-refractivity contribution in [3.05, 3.63) is 48.0 Å². The summed E-state index contributed by atoms with van der Waals surface area (Å²) in [6.07, 6.45) is 2.27. The van der Waals surface area contributed by atoms with E-state index in [1.165, 1.54) is 0 Å². The van der Waals surface area contributed by atoms with Crippen molar-refractivity contribution in [2.45, 2.75) is 13.0 Å². The van der Waals surface area contributed by atoms with Gasteiger partial charge in [0.1, 0.15) is 5.82 Å². The quantitative estimate of drug-likeness (QED) is 0.402. The number of aliphatic imine (C=N–C) groups is 1. The van der Waals surface area contributed by atoms with Crippen LogP contribution >= 0.6 is 0 Å². The van der Waals surface area contributed by atoms with Gasteiger partial charge >= 0.3 is 0 Å². The van der Waals surface area contributed by atoms with Crippen LogP contribution in [0.1, 0.15) is 11.4 Å². The highest BCUT2D eigenvalue weighted by Crippen LogP contribution is 2.27. The second-order valence-electron chi connectivity index (χ2n) is 5.87. The molecule has 1 aromatic carbocycles. The Kier molecular flexibility index (Phi) is 6.50. The lowest BCUT2D eigenvalue weighted by Gasteiger charge is -2.13. The molecule has 28 heavy (non-hydrogen) atoms. The molecule has 0 spiro atoms. The number of nitrogens with one attached hydrogen (secondary N) is 3. The molecule has 0 unspecified atom stereocenters. The number of H-pyrrole nitrogens is 1. The fraction of sp³-hybridized carbons (Fsp3) is 0.316. The van der Waals surface area contributed by atoms with Gasteiger partial charge < -0.3 is 24.5 Å². The van der Waals surface area contributed by atoms with Gasteiger partial charge in [-0.15, -0.1) is 0 Å². The zero-order valence-corrected chi connectivity index (χ0v) is 16.2. The standard InChI is InChI=1S/C19H24N6O3/c1-20-19(22-12-13-6-7-14(26-2)16(11-13)27-3)21-9-8-17-23-18(25-24-17)15-5-4-10-28-15/h4-7,10-11H,8-9,12H2,1-3H3,(H2,20,21,22)(H,23,24,25). The molecule has 2 heterocycles. The highest BCUT2D eigenvalue weighted by Gasteiger charge is 2.09. The number of ether oxygens (including phenoxy) is 2. The first kappa shape index (κ1) is 19.3. The first-order chi connectivity index (χ1) is 13.7. The molecule has 0 bridgehead atoms. The molecule has 0 aliphatic heterocycles. The maximum absolute atomic E-state index is 5.33. The molecule has 0 saturated carbocycles. The minimum absolute atomic E-state index is 0.552. The van der Waals surface area contributed by atoms with Crippen molar-refractivity contribution in [1.29, 1.82) is 0 Å². The van der Waals surface area contributed by atoms with E-state index < -0.39 is 0 Å². The summed E-state index contributed by atoms with van der Waals surface area (Å²) in [7, 11) is 4.97. The largest absolute Gasteiger partial charge is 0.493 e. The molecule has 0 fully saturated rings. The van der Waals surface area contributed by atoms with Gasteiger partial charge in [-0.25, -0.2) is 4.98 Å². The normalized spacial score (nSPS) is 11.3.